The van der Waals surface area contributed by atoms with Gasteiger partial charge in [0.1, 0.15) is 0 Å². The van der Waals surface area contributed by atoms with Crippen LogP contribution in [0.25, 0.3) is 6.08 Å². The van der Waals surface area contributed by atoms with Crippen molar-refractivity contribution in [2.24, 2.45) is 16.9 Å². The molecule has 2 heterocycles. The zero-order chi connectivity index (χ0) is 19.2. The molecule has 2 N–H and O–H groups in total. The van der Waals surface area contributed by atoms with Crippen LogP contribution in [0.2, 0.25) is 0 Å². The molecule has 144 valence electrons. The second kappa shape index (κ2) is 7.03. The summed E-state index contributed by atoms with van der Waals surface area (Å²) in [4.78, 5) is 6.12. The monoisotopic (exact) mass is 388 g/mol. The lowest BCUT2D eigenvalue weighted by Crippen LogP contribution is -2.51. The molecule has 2 aliphatic carbocycles. The molecule has 27 heavy (non-hydrogen) atoms. The number of nitrogens with zero attached hydrogens (tertiary/aromatic N) is 3. The fourth-order valence-corrected chi connectivity index (χ4v) is 5.57. The summed E-state index contributed by atoms with van der Waals surface area (Å²) in [5, 5.41) is 15.3. The third-order valence-electron chi connectivity index (χ3n) is 5.98. The third kappa shape index (κ3) is 3.43. The molecule has 7 nitrogen and oxygen atoms in total. The van der Waals surface area contributed by atoms with Crippen molar-refractivity contribution in [1.29, 1.82) is 0 Å². The standard InChI is InChI=1S/C18H25BN4O3S/c1-20-27(25,26)11-12-6-8-13(9-7-12)18-17-14-4-3-5-16(14)21-10-15(17)19(24)23(2)22-18/h3-4,10,12-13,20,24H,5-9,11H2,1-2H3. The van der Waals surface area contributed by atoms with Gasteiger partial charge in [-0.05, 0) is 38.6 Å². The molecule has 3 aliphatic rings. The third-order valence-corrected chi connectivity index (χ3v) is 7.51. The van der Waals surface area contributed by atoms with E-state index in [0.717, 1.165) is 60.1 Å². The topological polar surface area (TPSA) is 94.9 Å². The Morgan fingerprint density at radius 1 is 1.33 bits per heavy atom. The summed E-state index contributed by atoms with van der Waals surface area (Å²) in [5.41, 5.74) is 4.97. The van der Waals surface area contributed by atoms with Gasteiger partial charge in [-0.1, -0.05) is 12.2 Å². The van der Waals surface area contributed by atoms with Gasteiger partial charge in [-0.3, -0.25) is 4.98 Å². The van der Waals surface area contributed by atoms with Gasteiger partial charge in [-0.15, -0.1) is 0 Å². The first-order valence-electron chi connectivity index (χ1n) is 9.49. The van der Waals surface area contributed by atoms with Crippen molar-refractivity contribution in [1.82, 2.24) is 14.6 Å². The predicted molar refractivity (Wildman–Crippen MR) is 107 cm³/mol. The molecular weight excluding hydrogens is 363 g/mol. The number of hydrogen-bond acceptors (Lipinski definition) is 6. The van der Waals surface area contributed by atoms with E-state index in [0.29, 0.717) is 0 Å². The van der Waals surface area contributed by atoms with E-state index in [2.05, 4.69) is 21.9 Å². The van der Waals surface area contributed by atoms with E-state index >= 15 is 0 Å². The molecule has 0 bridgehead atoms. The van der Waals surface area contributed by atoms with Gasteiger partial charge in [0, 0.05) is 42.2 Å². The molecule has 1 aromatic heterocycles. The number of aromatic nitrogens is 1. The summed E-state index contributed by atoms with van der Waals surface area (Å²) in [6.07, 6.45) is 10.3. The van der Waals surface area contributed by atoms with Crippen molar-refractivity contribution < 1.29 is 13.4 Å². The molecule has 0 saturated heterocycles. The van der Waals surface area contributed by atoms with Gasteiger partial charge >= 0.3 is 7.05 Å². The average molecular weight is 388 g/mol. The molecule has 0 unspecified atom stereocenters. The highest BCUT2D eigenvalue weighted by Gasteiger charge is 2.38. The number of hydrogen-bond donors (Lipinski definition) is 2. The number of nitrogens with one attached hydrogen (secondary N) is 1. The molecule has 1 aromatic rings. The van der Waals surface area contributed by atoms with Crippen LogP contribution in [0.1, 0.15) is 42.5 Å². The highest BCUT2D eigenvalue weighted by atomic mass is 32.2. The summed E-state index contributed by atoms with van der Waals surface area (Å²) in [7, 11) is -0.708. The lowest BCUT2D eigenvalue weighted by Gasteiger charge is -2.34. The molecule has 1 aliphatic heterocycles. The van der Waals surface area contributed by atoms with Crippen molar-refractivity contribution in [2.45, 2.75) is 32.1 Å². The maximum absolute atomic E-state index is 11.8. The van der Waals surface area contributed by atoms with Crippen LogP contribution in [0, 0.1) is 11.8 Å². The molecule has 0 spiro atoms. The molecular formula is C18H25BN4O3S. The maximum Gasteiger partial charge on any atom is 0.468 e. The zero-order valence-corrected chi connectivity index (χ0v) is 16.5. The van der Waals surface area contributed by atoms with Gasteiger partial charge in [-0.25, -0.2) is 13.1 Å². The Balaban J connectivity index is 1.60. The minimum Gasteiger partial charge on any atom is -0.428 e. The van der Waals surface area contributed by atoms with Crippen LogP contribution in [0.4, 0.5) is 0 Å². The normalized spacial score (nSPS) is 24.6. The molecule has 9 heteroatoms. The minimum absolute atomic E-state index is 0.189. The molecule has 1 fully saturated rings. The second-order valence-corrected chi connectivity index (χ2v) is 9.66. The number of rotatable bonds is 4. The molecule has 0 radical (unpaired) electrons. The Morgan fingerprint density at radius 2 is 2.07 bits per heavy atom. The van der Waals surface area contributed by atoms with Gasteiger partial charge in [0.05, 0.1) is 17.2 Å². The van der Waals surface area contributed by atoms with Gasteiger partial charge in [-0.2, -0.15) is 5.10 Å². The predicted octanol–water partition coefficient (Wildman–Crippen LogP) is 0.344. The van der Waals surface area contributed by atoms with Crippen LogP contribution in [0.15, 0.2) is 17.4 Å². The first-order valence-corrected chi connectivity index (χ1v) is 11.1. The minimum atomic E-state index is -3.17. The summed E-state index contributed by atoms with van der Waals surface area (Å²) in [6, 6.07) is 0. The first-order chi connectivity index (χ1) is 12.9. The SMILES string of the molecule is CNS(=O)(=O)CC1CCC(C2=NN(C)B(O)c3cnc4c(c32)C=CC4)CC1. The largest absolute Gasteiger partial charge is 0.468 e. The summed E-state index contributed by atoms with van der Waals surface area (Å²) >= 11 is 0. The highest BCUT2D eigenvalue weighted by molar-refractivity contribution is 7.89. The number of fused-ring (bicyclic) bond motifs is 3. The van der Waals surface area contributed by atoms with Crippen LogP contribution >= 0.6 is 0 Å². The zero-order valence-electron chi connectivity index (χ0n) is 15.7. The molecule has 0 amide bonds. The van der Waals surface area contributed by atoms with Crippen molar-refractivity contribution >= 4 is 34.3 Å². The van der Waals surface area contributed by atoms with Crippen LogP contribution in [-0.2, 0) is 16.4 Å². The van der Waals surface area contributed by atoms with E-state index in [1.807, 2.05) is 0 Å². The molecule has 0 atom stereocenters. The van der Waals surface area contributed by atoms with Crippen molar-refractivity contribution in [3.8, 4) is 0 Å². The van der Waals surface area contributed by atoms with Gasteiger partial charge < -0.3 is 9.94 Å². The van der Waals surface area contributed by atoms with Crippen molar-refractivity contribution in [3.63, 3.8) is 0 Å². The summed E-state index contributed by atoms with van der Waals surface area (Å²) < 4.78 is 26.1. The lowest BCUT2D eigenvalue weighted by molar-refractivity contribution is 0.339. The van der Waals surface area contributed by atoms with E-state index < -0.39 is 17.1 Å². The van der Waals surface area contributed by atoms with Crippen LogP contribution in [-0.4, -0.2) is 56.0 Å². The Bertz CT molecular complexity index is 907. The Morgan fingerprint density at radius 3 is 2.78 bits per heavy atom. The van der Waals surface area contributed by atoms with Crippen LogP contribution in [0.5, 0.6) is 0 Å². The molecule has 0 aromatic carbocycles. The lowest BCUT2D eigenvalue weighted by atomic mass is 9.66. The van der Waals surface area contributed by atoms with E-state index in [1.165, 1.54) is 7.05 Å². The van der Waals surface area contributed by atoms with Crippen LogP contribution < -0.4 is 10.2 Å². The first kappa shape index (κ1) is 18.6. The number of pyridine rings is 1. The second-order valence-electron chi connectivity index (χ2n) is 7.69. The average Bonchev–Trinajstić information content (AvgIpc) is 3.13. The smallest absolute Gasteiger partial charge is 0.428 e. The Hall–Kier alpha value is -1.71. The summed E-state index contributed by atoms with van der Waals surface area (Å²) in [6.45, 7) is 0. The van der Waals surface area contributed by atoms with Gasteiger partial charge in [0.25, 0.3) is 0 Å². The number of sulfonamides is 1. The van der Waals surface area contributed by atoms with E-state index in [4.69, 9.17) is 5.10 Å². The highest BCUT2D eigenvalue weighted by Crippen LogP contribution is 2.35. The fraction of sp³-hybridized carbons (Fsp3) is 0.556. The fourth-order valence-electron chi connectivity index (χ4n) is 4.45. The van der Waals surface area contributed by atoms with E-state index in [-0.39, 0.29) is 17.6 Å². The van der Waals surface area contributed by atoms with Crippen molar-refractivity contribution in [2.75, 3.05) is 19.8 Å². The van der Waals surface area contributed by atoms with E-state index in [9.17, 15) is 13.4 Å². The van der Waals surface area contributed by atoms with Crippen molar-refractivity contribution in [3.05, 3.63) is 29.1 Å². The quantitative estimate of drug-likeness (QED) is 0.726. The maximum atomic E-state index is 11.8. The van der Waals surface area contributed by atoms with E-state index in [1.54, 1.807) is 18.2 Å². The number of allylic oxidation sites excluding steroid dienone is 1. The van der Waals surface area contributed by atoms with Crippen LogP contribution in [0.3, 0.4) is 0 Å². The van der Waals surface area contributed by atoms with Gasteiger partial charge in [0.15, 0.2) is 0 Å². The molecule has 1 saturated carbocycles. The van der Waals surface area contributed by atoms with Gasteiger partial charge in [0.2, 0.25) is 10.0 Å². The molecule has 4 rings (SSSR count). The number of hydrazone groups is 1. The Labute approximate surface area is 160 Å². The summed E-state index contributed by atoms with van der Waals surface area (Å²) in [5.74, 6) is 0.654. The Kier molecular flexibility index (Phi) is 4.86.